The van der Waals surface area contributed by atoms with Gasteiger partial charge in [0.25, 0.3) is 5.91 Å². The van der Waals surface area contributed by atoms with E-state index in [2.05, 4.69) is 10.5 Å². The second-order valence-electron chi connectivity index (χ2n) is 3.92. The van der Waals surface area contributed by atoms with E-state index in [1.54, 1.807) is 6.07 Å². The molecule has 2 aromatic rings. The van der Waals surface area contributed by atoms with E-state index < -0.39 is 0 Å². The van der Waals surface area contributed by atoms with Gasteiger partial charge in [-0.25, -0.2) is 5.43 Å². The van der Waals surface area contributed by atoms with Crippen LogP contribution in [0.4, 0.5) is 0 Å². The molecular weight excluding hydrogens is 256 g/mol. The van der Waals surface area contributed by atoms with Crippen LogP contribution in [0.1, 0.15) is 22.2 Å². The number of carbonyl (C=O) groups is 1. The number of hydrogen-bond acceptors (Lipinski definition) is 3. The van der Waals surface area contributed by atoms with Gasteiger partial charge >= 0.3 is 0 Å². The van der Waals surface area contributed by atoms with E-state index >= 15 is 0 Å². The molecule has 1 heterocycles. The van der Waals surface area contributed by atoms with Gasteiger partial charge in [0.2, 0.25) is 0 Å². The van der Waals surface area contributed by atoms with Crippen molar-refractivity contribution in [3.8, 4) is 0 Å². The Morgan fingerprint density at radius 3 is 2.68 bits per heavy atom. The van der Waals surface area contributed by atoms with Gasteiger partial charge in [0, 0.05) is 0 Å². The van der Waals surface area contributed by atoms with Gasteiger partial charge in [0.1, 0.15) is 0 Å². The maximum Gasteiger partial charge on any atom is 0.281 e. The molecule has 0 aliphatic heterocycles. The molecule has 0 spiro atoms. The molecule has 0 saturated heterocycles. The van der Waals surface area contributed by atoms with Crippen LogP contribution in [-0.4, -0.2) is 11.6 Å². The van der Waals surface area contributed by atoms with Crippen LogP contribution in [0.5, 0.6) is 0 Å². The standard InChI is InChI=1S/C15H14N2OS/c1-12(9-10-13-6-3-2-4-7-13)16-17-15(18)14-8-5-11-19-14/h2-11H,1H3,(H,17,18)/b10-9-,16-12+. The number of hydrazone groups is 1. The molecular formula is C15H14N2OS. The highest BCUT2D eigenvalue weighted by atomic mass is 32.1. The number of nitrogens with one attached hydrogen (secondary N) is 1. The summed E-state index contributed by atoms with van der Waals surface area (Å²) < 4.78 is 0. The Labute approximate surface area is 116 Å². The Bertz CT molecular complexity index is 586. The van der Waals surface area contributed by atoms with E-state index in [1.165, 1.54) is 11.3 Å². The molecule has 3 nitrogen and oxygen atoms in total. The van der Waals surface area contributed by atoms with Gasteiger partial charge in [0.15, 0.2) is 0 Å². The first-order valence-corrected chi connectivity index (χ1v) is 6.75. The van der Waals surface area contributed by atoms with Gasteiger partial charge in [-0.2, -0.15) is 5.10 Å². The maximum absolute atomic E-state index is 11.7. The largest absolute Gasteiger partial charge is 0.281 e. The number of hydrogen-bond donors (Lipinski definition) is 1. The first kappa shape index (κ1) is 13.2. The first-order chi connectivity index (χ1) is 9.25. The zero-order chi connectivity index (χ0) is 13.5. The number of thiophene rings is 1. The second-order valence-corrected chi connectivity index (χ2v) is 4.86. The quantitative estimate of drug-likeness (QED) is 0.669. The third kappa shape index (κ3) is 4.19. The Balaban J connectivity index is 1.93. The smallest absolute Gasteiger partial charge is 0.266 e. The predicted molar refractivity (Wildman–Crippen MR) is 80.4 cm³/mol. The number of allylic oxidation sites excluding steroid dienone is 1. The van der Waals surface area contributed by atoms with Crippen molar-refractivity contribution in [2.24, 2.45) is 5.10 Å². The summed E-state index contributed by atoms with van der Waals surface area (Å²) in [5.74, 6) is -0.178. The molecule has 2 rings (SSSR count). The fourth-order valence-electron chi connectivity index (χ4n) is 1.42. The zero-order valence-electron chi connectivity index (χ0n) is 10.5. The zero-order valence-corrected chi connectivity index (χ0v) is 11.4. The lowest BCUT2D eigenvalue weighted by Crippen LogP contribution is -2.17. The van der Waals surface area contributed by atoms with Crippen molar-refractivity contribution in [1.82, 2.24) is 5.43 Å². The van der Waals surface area contributed by atoms with Crippen molar-refractivity contribution >= 4 is 29.0 Å². The van der Waals surface area contributed by atoms with Crippen LogP contribution in [0.25, 0.3) is 6.08 Å². The highest BCUT2D eigenvalue weighted by Crippen LogP contribution is 2.07. The third-order valence-electron chi connectivity index (χ3n) is 2.40. The van der Waals surface area contributed by atoms with Crippen LogP contribution in [0.3, 0.4) is 0 Å². The van der Waals surface area contributed by atoms with Crippen LogP contribution in [0.15, 0.2) is 59.0 Å². The molecule has 0 radical (unpaired) electrons. The Kier molecular flexibility index (Phi) is 4.64. The van der Waals surface area contributed by atoms with Gasteiger partial charge in [-0.05, 0) is 30.0 Å². The first-order valence-electron chi connectivity index (χ1n) is 5.87. The molecule has 4 heteroatoms. The SMILES string of the molecule is CC(/C=C\c1ccccc1)=N\NC(=O)c1cccs1. The lowest BCUT2D eigenvalue weighted by Gasteiger charge is -1.97. The van der Waals surface area contributed by atoms with Gasteiger partial charge in [-0.15, -0.1) is 11.3 Å². The Hall–Kier alpha value is -2.20. The summed E-state index contributed by atoms with van der Waals surface area (Å²) in [5.41, 5.74) is 4.37. The van der Waals surface area contributed by atoms with E-state index in [9.17, 15) is 4.79 Å². The van der Waals surface area contributed by atoms with Crippen molar-refractivity contribution in [2.45, 2.75) is 6.92 Å². The minimum atomic E-state index is -0.178. The van der Waals surface area contributed by atoms with Crippen molar-refractivity contribution < 1.29 is 4.79 Å². The number of nitrogens with zero attached hydrogens (tertiary/aromatic N) is 1. The summed E-state index contributed by atoms with van der Waals surface area (Å²) in [6, 6.07) is 13.5. The molecule has 0 atom stereocenters. The minimum absolute atomic E-state index is 0.178. The molecule has 0 bridgehead atoms. The predicted octanol–water partition coefficient (Wildman–Crippen LogP) is 3.57. The van der Waals surface area contributed by atoms with Crippen molar-refractivity contribution in [1.29, 1.82) is 0 Å². The fourth-order valence-corrected chi connectivity index (χ4v) is 2.03. The van der Waals surface area contributed by atoms with Gasteiger partial charge in [-0.3, -0.25) is 4.79 Å². The highest BCUT2D eigenvalue weighted by molar-refractivity contribution is 7.12. The van der Waals surface area contributed by atoms with Gasteiger partial charge < -0.3 is 0 Å². The van der Waals surface area contributed by atoms with Crippen molar-refractivity contribution in [2.75, 3.05) is 0 Å². The van der Waals surface area contributed by atoms with Crippen LogP contribution in [0.2, 0.25) is 0 Å². The maximum atomic E-state index is 11.7. The fraction of sp³-hybridized carbons (Fsp3) is 0.0667. The normalized spacial score (nSPS) is 11.7. The van der Waals surface area contributed by atoms with E-state index in [4.69, 9.17) is 0 Å². The van der Waals surface area contributed by atoms with Crippen LogP contribution >= 0.6 is 11.3 Å². The van der Waals surface area contributed by atoms with Gasteiger partial charge in [0.05, 0.1) is 10.6 Å². The molecule has 0 saturated carbocycles. The van der Waals surface area contributed by atoms with Crippen molar-refractivity contribution in [3.05, 3.63) is 64.4 Å². The average molecular weight is 270 g/mol. The molecule has 96 valence electrons. The summed E-state index contributed by atoms with van der Waals surface area (Å²) in [4.78, 5) is 12.3. The summed E-state index contributed by atoms with van der Waals surface area (Å²) >= 11 is 1.39. The number of benzene rings is 1. The van der Waals surface area contributed by atoms with Gasteiger partial charge in [-0.1, -0.05) is 42.5 Å². The highest BCUT2D eigenvalue weighted by Gasteiger charge is 2.03. The van der Waals surface area contributed by atoms with E-state index in [0.29, 0.717) is 4.88 Å². The Morgan fingerprint density at radius 1 is 1.21 bits per heavy atom. The molecule has 0 unspecified atom stereocenters. The monoisotopic (exact) mass is 270 g/mol. The molecule has 0 aliphatic carbocycles. The number of rotatable bonds is 4. The third-order valence-corrected chi connectivity index (χ3v) is 3.26. The minimum Gasteiger partial charge on any atom is -0.266 e. The topological polar surface area (TPSA) is 41.5 Å². The summed E-state index contributed by atoms with van der Waals surface area (Å²) in [7, 11) is 0. The lowest BCUT2D eigenvalue weighted by molar-refractivity contribution is 0.0959. The number of amides is 1. The van der Waals surface area contributed by atoms with Crippen LogP contribution in [0, 0.1) is 0 Å². The van der Waals surface area contributed by atoms with Crippen LogP contribution in [-0.2, 0) is 0 Å². The Morgan fingerprint density at radius 2 is 2.00 bits per heavy atom. The lowest BCUT2D eigenvalue weighted by atomic mass is 10.2. The molecule has 1 aromatic carbocycles. The number of carbonyl (C=O) groups excluding carboxylic acids is 1. The average Bonchev–Trinajstić information content (AvgIpc) is 2.98. The molecule has 19 heavy (non-hydrogen) atoms. The molecule has 0 aliphatic rings. The molecule has 0 fully saturated rings. The summed E-state index contributed by atoms with van der Waals surface area (Å²) in [6.45, 7) is 1.84. The van der Waals surface area contributed by atoms with Crippen LogP contribution < -0.4 is 5.43 Å². The molecule has 1 aromatic heterocycles. The van der Waals surface area contributed by atoms with Crippen molar-refractivity contribution in [3.63, 3.8) is 0 Å². The van der Waals surface area contributed by atoms with E-state index in [-0.39, 0.29) is 5.91 Å². The van der Waals surface area contributed by atoms with E-state index in [0.717, 1.165) is 11.3 Å². The van der Waals surface area contributed by atoms with E-state index in [1.807, 2.05) is 60.9 Å². The molecule has 1 amide bonds. The summed E-state index contributed by atoms with van der Waals surface area (Å²) in [6.07, 6.45) is 3.82. The molecule has 1 N–H and O–H groups in total. The summed E-state index contributed by atoms with van der Waals surface area (Å²) in [5, 5.41) is 5.89. The second kappa shape index (κ2) is 6.66.